The molecular formula is C13H18N2O4. The smallest absolute Gasteiger partial charge is 0.347 e. The summed E-state index contributed by atoms with van der Waals surface area (Å²) in [6.45, 7) is 6.07. The highest BCUT2D eigenvalue weighted by Gasteiger charge is 2.34. The molecule has 0 saturated carbocycles. The first-order valence-corrected chi connectivity index (χ1v) is 6.36. The van der Waals surface area contributed by atoms with Gasteiger partial charge < -0.3 is 9.47 Å². The normalized spacial score (nSPS) is 22.4. The summed E-state index contributed by atoms with van der Waals surface area (Å²) in [6.07, 6.45) is -0.297. The largest absolute Gasteiger partial charge is 0.460 e. The summed E-state index contributed by atoms with van der Waals surface area (Å²) < 4.78 is 11.8. The van der Waals surface area contributed by atoms with Crippen molar-refractivity contribution >= 4 is 11.9 Å². The van der Waals surface area contributed by atoms with Gasteiger partial charge in [-0.2, -0.15) is 5.10 Å². The standard InChI is InChI=1S/C13H18N2O4/c1-8-6-9(2)15(14-8)5-4-12(16)19-11-7-10(3)18-13(11)17/h6,10-11H,4-5,7H2,1-3H3. The molecule has 1 aliphatic rings. The lowest BCUT2D eigenvalue weighted by molar-refractivity contribution is -0.161. The number of aryl methyl sites for hydroxylation is 3. The van der Waals surface area contributed by atoms with Crippen molar-refractivity contribution in [3.63, 3.8) is 0 Å². The van der Waals surface area contributed by atoms with Crippen molar-refractivity contribution in [3.05, 3.63) is 17.5 Å². The van der Waals surface area contributed by atoms with Crippen LogP contribution in [0.1, 0.15) is 31.2 Å². The first-order valence-electron chi connectivity index (χ1n) is 6.36. The van der Waals surface area contributed by atoms with Crippen molar-refractivity contribution < 1.29 is 19.1 Å². The summed E-state index contributed by atoms with van der Waals surface area (Å²) >= 11 is 0. The molecule has 2 rings (SSSR count). The number of ether oxygens (including phenoxy) is 2. The summed E-state index contributed by atoms with van der Waals surface area (Å²) in [5.74, 6) is -0.851. The monoisotopic (exact) mass is 266 g/mol. The number of esters is 2. The number of carbonyl (C=O) groups is 2. The molecule has 0 aliphatic carbocycles. The van der Waals surface area contributed by atoms with E-state index in [1.807, 2.05) is 19.9 Å². The van der Waals surface area contributed by atoms with Gasteiger partial charge in [0, 0.05) is 12.1 Å². The molecule has 2 atom stereocenters. The number of hydrogen-bond acceptors (Lipinski definition) is 5. The molecule has 1 aromatic heterocycles. The molecule has 0 aromatic carbocycles. The van der Waals surface area contributed by atoms with E-state index < -0.39 is 18.0 Å². The Morgan fingerprint density at radius 1 is 1.58 bits per heavy atom. The van der Waals surface area contributed by atoms with E-state index in [4.69, 9.17) is 9.47 Å². The molecule has 0 N–H and O–H groups in total. The van der Waals surface area contributed by atoms with Gasteiger partial charge in [0.05, 0.1) is 18.7 Å². The minimum Gasteiger partial charge on any atom is -0.460 e. The minimum atomic E-state index is -0.747. The van der Waals surface area contributed by atoms with E-state index in [-0.39, 0.29) is 12.5 Å². The van der Waals surface area contributed by atoms with Crippen LogP contribution < -0.4 is 0 Å². The molecular weight excluding hydrogens is 248 g/mol. The van der Waals surface area contributed by atoms with Crippen LogP contribution in [0.2, 0.25) is 0 Å². The maximum absolute atomic E-state index is 11.7. The van der Waals surface area contributed by atoms with Crippen molar-refractivity contribution in [1.82, 2.24) is 9.78 Å². The molecule has 1 aliphatic heterocycles. The summed E-state index contributed by atoms with van der Waals surface area (Å²) in [7, 11) is 0. The summed E-state index contributed by atoms with van der Waals surface area (Å²) in [5.41, 5.74) is 1.92. The molecule has 1 aromatic rings. The maximum Gasteiger partial charge on any atom is 0.347 e. The summed E-state index contributed by atoms with van der Waals surface area (Å²) in [5, 5.41) is 4.26. The quantitative estimate of drug-likeness (QED) is 0.764. The van der Waals surface area contributed by atoms with Crippen molar-refractivity contribution in [2.45, 2.75) is 52.4 Å². The maximum atomic E-state index is 11.7. The fourth-order valence-electron chi connectivity index (χ4n) is 2.13. The fraction of sp³-hybridized carbons (Fsp3) is 0.615. The van der Waals surface area contributed by atoms with Crippen LogP contribution in [0, 0.1) is 13.8 Å². The van der Waals surface area contributed by atoms with Crippen LogP contribution in [0.15, 0.2) is 6.07 Å². The average molecular weight is 266 g/mol. The molecule has 0 radical (unpaired) electrons. The zero-order chi connectivity index (χ0) is 14.0. The molecule has 1 saturated heterocycles. The lowest BCUT2D eigenvalue weighted by Crippen LogP contribution is -2.23. The highest BCUT2D eigenvalue weighted by molar-refractivity contribution is 5.80. The molecule has 0 amide bonds. The Hall–Kier alpha value is -1.85. The topological polar surface area (TPSA) is 70.4 Å². The van der Waals surface area contributed by atoms with Gasteiger partial charge in [0.1, 0.15) is 6.10 Å². The zero-order valence-electron chi connectivity index (χ0n) is 11.4. The van der Waals surface area contributed by atoms with E-state index in [1.165, 1.54) is 0 Å². The van der Waals surface area contributed by atoms with Gasteiger partial charge in [-0.25, -0.2) is 4.79 Å². The number of hydrogen-bond donors (Lipinski definition) is 0. The van der Waals surface area contributed by atoms with Crippen LogP contribution in [-0.4, -0.2) is 33.9 Å². The number of rotatable bonds is 4. The molecule has 1 fully saturated rings. The molecule has 19 heavy (non-hydrogen) atoms. The second-order valence-corrected chi connectivity index (χ2v) is 4.86. The Morgan fingerprint density at radius 2 is 2.32 bits per heavy atom. The van der Waals surface area contributed by atoms with Crippen LogP contribution in [0.25, 0.3) is 0 Å². The van der Waals surface area contributed by atoms with E-state index in [1.54, 1.807) is 11.6 Å². The highest BCUT2D eigenvalue weighted by Crippen LogP contribution is 2.17. The highest BCUT2D eigenvalue weighted by atomic mass is 16.6. The Labute approximate surface area is 111 Å². The van der Waals surface area contributed by atoms with E-state index in [0.717, 1.165) is 11.4 Å². The van der Waals surface area contributed by atoms with Crippen molar-refractivity contribution in [3.8, 4) is 0 Å². The van der Waals surface area contributed by atoms with Crippen LogP contribution in [0.5, 0.6) is 0 Å². The SMILES string of the molecule is Cc1cc(C)n(CCC(=O)OC2CC(C)OC2=O)n1. The second-order valence-electron chi connectivity index (χ2n) is 4.86. The van der Waals surface area contributed by atoms with Crippen molar-refractivity contribution in [2.24, 2.45) is 0 Å². The van der Waals surface area contributed by atoms with Crippen LogP contribution in [-0.2, 0) is 25.6 Å². The molecule has 6 nitrogen and oxygen atoms in total. The molecule has 2 unspecified atom stereocenters. The van der Waals surface area contributed by atoms with Gasteiger partial charge in [0.15, 0.2) is 0 Å². The number of nitrogens with zero attached hydrogens (tertiary/aromatic N) is 2. The first kappa shape index (κ1) is 13.6. The lowest BCUT2D eigenvalue weighted by atomic mass is 10.2. The third-order valence-corrected chi connectivity index (χ3v) is 3.03. The molecule has 0 bridgehead atoms. The van der Waals surface area contributed by atoms with Gasteiger partial charge in [-0.05, 0) is 26.8 Å². The van der Waals surface area contributed by atoms with E-state index >= 15 is 0 Å². The minimum absolute atomic E-state index is 0.179. The van der Waals surface area contributed by atoms with Crippen molar-refractivity contribution in [1.29, 1.82) is 0 Å². The van der Waals surface area contributed by atoms with Crippen molar-refractivity contribution in [2.75, 3.05) is 0 Å². The van der Waals surface area contributed by atoms with E-state index in [2.05, 4.69) is 5.10 Å². The predicted molar refractivity (Wildman–Crippen MR) is 66.4 cm³/mol. The Bertz CT molecular complexity index is 495. The second kappa shape index (κ2) is 5.42. The molecule has 2 heterocycles. The molecule has 6 heteroatoms. The van der Waals surface area contributed by atoms with Gasteiger partial charge in [-0.15, -0.1) is 0 Å². The third kappa shape index (κ3) is 3.33. The van der Waals surface area contributed by atoms with Gasteiger partial charge >= 0.3 is 11.9 Å². The summed E-state index contributed by atoms with van der Waals surface area (Å²) in [4.78, 5) is 23.0. The number of carbonyl (C=O) groups excluding carboxylic acids is 2. The Kier molecular flexibility index (Phi) is 3.87. The van der Waals surface area contributed by atoms with Crippen LogP contribution in [0.3, 0.4) is 0 Å². The van der Waals surface area contributed by atoms with Gasteiger partial charge in [-0.1, -0.05) is 0 Å². The molecule has 0 spiro atoms. The van der Waals surface area contributed by atoms with E-state index in [0.29, 0.717) is 13.0 Å². The zero-order valence-corrected chi connectivity index (χ0v) is 11.4. The third-order valence-electron chi connectivity index (χ3n) is 3.03. The number of cyclic esters (lactones) is 1. The van der Waals surface area contributed by atoms with Crippen LogP contribution in [0.4, 0.5) is 0 Å². The fourth-order valence-corrected chi connectivity index (χ4v) is 2.13. The average Bonchev–Trinajstić information content (AvgIpc) is 2.79. The number of aromatic nitrogens is 2. The predicted octanol–water partition coefficient (Wildman–Crippen LogP) is 1.14. The lowest BCUT2D eigenvalue weighted by Gasteiger charge is -2.08. The van der Waals surface area contributed by atoms with Crippen LogP contribution >= 0.6 is 0 Å². The van der Waals surface area contributed by atoms with E-state index in [9.17, 15) is 9.59 Å². The molecule has 104 valence electrons. The van der Waals surface area contributed by atoms with Gasteiger partial charge in [-0.3, -0.25) is 9.48 Å². The van der Waals surface area contributed by atoms with Gasteiger partial charge in [0.2, 0.25) is 6.10 Å². The first-order chi connectivity index (χ1) is 8.95. The Balaban J connectivity index is 1.82. The van der Waals surface area contributed by atoms with Gasteiger partial charge in [0.25, 0.3) is 0 Å². The Morgan fingerprint density at radius 3 is 2.84 bits per heavy atom. The summed E-state index contributed by atoms with van der Waals surface area (Å²) in [6, 6.07) is 1.95.